The highest BCUT2D eigenvalue weighted by Crippen LogP contribution is 2.20. The van der Waals surface area contributed by atoms with Crippen LogP contribution in [0.1, 0.15) is 31.1 Å². The van der Waals surface area contributed by atoms with Crippen LogP contribution in [0, 0.1) is 5.92 Å². The first kappa shape index (κ1) is 17.5. The summed E-state index contributed by atoms with van der Waals surface area (Å²) in [6, 6.07) is 0. The first-order valence-electron chi connectivity index (χ1n) is 7.36. The maximum Gasteiger partial charge on any atom is 0.410 e. The third-order valence-electron chi connectivity index (χ3n) is 3.35. The Hall–Kier alpha value is -1.89. The summed E-state index contributed by atoms with van der Waals surface area (Å²) in [6.45, 7) is 7.24. The smallest absolute Gasteiger partial charge is 0.410 e. The van der Waals surface area contributed by atoms with Gasteiger partial charge in [0, 0.05) is 45.0 Å². The van der Waals surface area contributed by atoms with E-state index in [1.165, 1.54) is 12.4 Å². The molecule has 0 N–H and O–H groups in total. The number of carbonyl (C=O) groups excluding carboxylic acids is 2. The Bertz CT molecular complexity index is 579. The fourth-order valence-corrected chi connectivity index (χ4v) is 2.37. The molecule has 1 aromatic heterocycles. The average Bonchev–Trinajstić information content (AvgIpc) is 2.40. The molecule has 8 heteroatoms. The zero-order valence-electron chi connectivity index (χ0n) is 13.7. The molecule has 0 aliphatic carbocycles. The first-order chi connectivity index (χ1) is 10.7. The van der Waals surface area contributed by atoms with Crippen molar-refractivity contribution in [3.05, 3.63) is 23.2 Å². The highest BCUT2D eigenvalue weighted by molar-refractivity contribution is 6.28. The van der Waals surface area contributed by atoms with Crippen LogP contribution >= 0.6 is 11.6 Å². The Morgan fingerprint density at radius 1 is 1.35 bits per heavy atom. The van der Waals surface area contributed by atoms with E-state index >= 15 is 0 Å². The minimum atomic E-state index is -0.497. The van der Waals surface area contributed by atoms with E-state index in [0.29, 0.717) is 25.2 Å². The quantitative estimate of drug-likeness (QED) is 0.787. The first-order valence-corrected chi connectivity index (χ1v) is 7.74. The van der Waals surface area contributed by atoms with E-state index in [0.717, 1.165) is 0 Å². The minimum Gasteiger partial charge on any atom is -0.444 e. The predicted octanol–water partition coefficient (Wildman–Crippen LogP) is 2.07. The topological polar surface area (TPSA) is 75.6 Å². The van der Waals surface area contributed by atoms with Crippen molar-refractivity contribution in [1.29, 1.82) is 0 Å². The van der Waals surface area contributed by atoms with Crippen LogP contribution in [-0.2, 0) is 4.74 Å². The number of hydrogen-bond acceptors (Lipinski definition) is 5. The van der Waals surface area contributed by atoms with Gasteiger partial charge in [-0.1, -0.05) is 0 Å². The van der Waals surface area contributed by atoms with Crippen LogP contribution in [0.5, 0.6) is 0 Å². The number of amides is 2. The summed E-state index contributed by atoms with van der Waals surface area (Å²) in [5.74, 6) is 0.0714. The van der Waals surface area contributed by atoms with E-state index < -0.39 is 5.60 Å². The molecule has 1 aliphatic heterocycles. The van der Waals surface area contributed by atoms with Gasteiger partial charge in [-0.3, -0.25) is 4.79 Å². The van der Waals surface area contributed by atoms with Crippen LogP contribution in [-0.4, -0.2) is 64.1 Å². The number of halogens is 1. The molecule has 0 radical (unpaired) electrons. The summed E-state index contributed by atoms with van der Waals surface area (Å²) >= 11 is 5.61. The van der Waals surface area contributed by atoms with Crippen molar-refractivity contribution in [2.45, 2.75) is 26.4 Å². The fourth-order valence-electron chi connectivity index (χ4n) is 2.27. The normalized spacial score (nSPS) is 15.1. The second-order valence-corrected chi connectivity index (χ2v) is 7.02. The molecule has 1 fully saturated rings. The van der Waals surface area contributed by atoms with Gasteiger partial charge in [-0.2, -0.15) is 0 Å². The van der Waals surface area contributed by atoms with Gasteiger partial charge < -0.3 is 14.5 Å². The number of likely N-dealkylation sites (tertiary alicyclic amines) is 1. The van der Waals surface area contributed by atoms with E-state index in [1.807, 2.05) is 20.8 Å². The Morgan fingerprint density at radius 3 is 2.43 bits per heavy atom. The largest absolute Gasteiger partial charge is 0.444 e. The van der Waals surface area contributed by atoms with Crippen molar-refractivity contribution in [2.24, 2.45) is 5.92 Å². The number of carbonyl (C=O) groups is 2. The van der Waals surface area contributed by atoms with Gasteiger partial charge >= 0.3 is 6.09 Å². The van der Waals surface area contributed by atoms with Gasteiger partial charge in [0.25, 0.3) is 5.91 Å². The lowest BCUT2D eigenvalue weighted by Crippen LogP contribution is -2.55. The summed E-state index contributed by atoms with van der Waals surface area (Å²) in [4.78, 5) is 34.9. The van der Waals surface area contributed by atoms with Crippen LogP contribution in [0.15, 0.2) is 12.4 Å². The van der Waals surface area contributed by atoms with Crippen molar-refractivity contribution in [2.75, 3.05) is 26.7 Å². The van der Waals surface area contributed by atoms with Crippen LogP contribution < -0.4 is 0 Å². The second-order valence-electron chi connectivity index (χ2n) is 6.68. The molecule has 0 atom stereocenters. The van der Waals surface area contributed by atoms with E-state index in [9.17, 15) is 9.59 Å². The maximum absolute atomic E-state index is 12.2. The molecule has 2 heterocycles. The molecule has 0 spiro atoms. The van der Waals surface area contributed by atoms with Crippen LogP contribution in [0.25, 0.3) is 0 Å². The number of hydrogen-bond donors (Lipinski definition) is 0. The lowest BCUT2D eigenvalue weighted by atomic mass is 10.00. The number of rotatable bonds is 3. The molecule has 2 rings (SSSR count). The van der Waals surface area contributed by atoms with E-state index in [-0.39, 0.29) is 23.2 Å². The van der Waals surface area contributed by atoms with Gasteiger partial charge in [0.2, 0.25) is 5.28 Å². The van der Waals surface area contributed by atoms with Gasteiger partial charge in [0.15, 0.2) is 0 Å². The molecule has 1 aromatic rings. The van der Waals surface area contributed by atoms with Crippen molar-refractivity contribution < 1.29 is 14.3 Å². The number of ether oxygens (including phenoxy) is 1. The average molecular weight is 341 g/mol. The van der Waals surface area contributed by atoms with Crippen LogP contribution in [0.3, 0.4) is 0 Å². The lowest BCUT2D eigenvalue weighted by molar-refractivity contribution is -0.00448. The molecular weight excluding hydrogens is 320 g/mol. The molecule has 2 amide bonds. The standard InChI is InChI=1S/C15H21ClN4O3/c1-15(2,3)23-14(22)20-8-10(9-20)7-19(4)12(21)11-5-17-13(16)18-6-11/h5-6,10H,7-9H2,1-4H3. The second kappa shape index (κ2) is 6.70. The zero-order valence-corrected chi connectivity index (χ0v) is 14.5. The molecule has 0 aromatic carbocycles. The highest BCUT2D eigenvalue weighted by atomic mass is 35.5. The van der Waals surface area contributed by atoms with Gasteiger partial charge in [-0.15, -0.1) is 0 Å². The predicted molar refractivity (Wildman–Crippen MR) is 85.3 cm³/mol. The van der Waals surface area contributed by atoms with E-state index in [1.54, 1.807) is 16.8 Å². The number of aromatic nitrogens is 2. The summed E-state index contributed by atoms with van der Waals surface area (Å²) in [7, 11) is 1.72. The third kappa shape index (κ3) is 4.79. The zero-order chi connectivity index (χ0) is 17.2. The Balaban J connectivity index is 1.80. The van der Waals surface area contributed by atoms with Crippen molar-refractivity contribution in [3.63, 3.8) is 0 Å². The minimum absolute atomic E-state index is 0.108. The molecule has 1 aliphatic rings. The molecule has 7 nitrogen and oxygen atoms in total. The van der Waals surface area contributed by atoms with E-state index in [4.69, 9.17) is 16.3 Å². The summed E-state index contributed by atoms with van der Waals surface area (Å²) in [5.41, 5.74) is -0.107. The van der Waals surface area contributed by atoms with Crippen molar-refractivity contribution >= 4 is 23.6 Å². The Kier molecular flexibility index (Phi) is 5.09. The van der Waals surface area contributed by atoms with Gasteiger partial charge in [-0.05, 0) is 32.4 Å². The SMILES string of the molecule is CN(CC1CN(C(=O)OC(C)(C)C)C1)C(=O)c1cnc(Cl)nc1. The molecule has 1 saturated heterocycles. The summed E-state index contributed by atoms with van der Waals surface area (Å²) < 4.78 is 5.30. The van der Waals surface area contributed by atoms with E-state index in [2.05, 4.69) is 9.97 Å². The molecule has 0 saturated carbocycles. The highest BCUT2D eigenvalue weighted by Gasteiger charge is 2.34. The summed E-state index contributed by atoms with van der Waals surface area (Å²) in [6.07, 6.45) is 2.50. The lowest BCUT2D eigenvalue weighted by Gasteiger charge is -2.41. The molecule has 126 valence electrons. The third-order valence-corrected chi connectivity index (χ3v) is 3.55. The van der Waals surface area contributed by atoms with Crippen LogP contribution in [0.4, 0.5) is 4.79 Å². The molecule has 23 heavy (non-hydrogen) atoms. The number of nitrogens with zero attached hydrogens (tertiary/aromatic N) is 4. The molecule has 0 bridgehead atoms. The van der Waals surface area contributed by atoms with Gasteiger partial charge in [0.05, 0.1) is 5.56 Å². The maximum atomic E-state index is 12.2. The summed E-state index contributed by atoms with van der Waals surface area (Å²) in [5, 5.41) is 0.108. The van der Waals surface area contributed by atoms with Crippen LogP contribution in [0.2, 0.25) is 5.28 Å². The van der Waals surface area contributed by atoms with Crippen molar-refractivity contribution in [1.82, 2.24) is 19.8 Å². The van der Waals surface area contributed by atoms with Gasteiger partial charge in [0.1, 0.15) is 5.60 Å². The molecular formula is C15H21ClN4O3. The fraction of sp³-hybridized carbons (Fsp3) is 0.600. The monoisotopic (exact) mass is 340 g/mol. The van der Waals surface area contributed by atoms with Crippen molar-refractivity contribution in [3.8, 4) is 0 Å². The molecule has 0 unspecified atom stereocenters. The Labute approximate surface area is 140 Å². The Morgan fingerprint density at radius 2 is 1.91 bits per heavy atom. The van der Waals surface area contributed by atoms with Gasteiger partial charge in [-0.25, -0.2) is 14.8 Å².